The van der Waals surface area contributed by atoms with Gasteiger partial charge >= 0.3 is 0 Å². The van der Waals surface area contributed by atoms with E-state index in [1.165, 1.54) is 0 Å². The molecule has 20 heavy (non-hydrogen) atoms. The van der Waals surface area contributed by atoms with E-state index in [9.17, 15) is 4.79 Å². The normalized spacial score (nSPS) is 12.3. The summed E-state index contributed by atoms with van der Waals surface area (Å²) in [6.45, 7) is 7.56. The minimum atomic E-state index is -0.0789. The number of rotatable bonds is 7. The molecule has 0 spiro atoms. The maximum atomic E-state index is 12.3. The van der Waals surface area contributed by atoms with Gasteiger partial charge in [-0.1, -0.05) is 6.92 Å². The van der Waals surface area contributed by atoms with E-state index in [-0.39, 0.29) is 5.91 Å². The fraction of sp³-hybridized carbons (Fsp3) is 0.600. The summed E-state index contributed by atoms with van der Waals surface area (Å²) < 4.78 is 0. The molecule has 5 heteroatoms. The van der Waals surface area contributed by atoms with Crippen LogP contribution in [0.2, 0.25) is 0 Å². The summed E-state index contributed by atoms with van der Waals surface area (Å²) >= 11 is 0. The fourth-order valence-electron chi connectivity index (χ4n) is 1.66. The van der Waals surface area contributed by atoms with Crippen molar-refractivity contribution in [2.45, 2.75) is 33.2 Å². The van der Waals surface area contributed by atoms with E-state index in [0.717, 1.165) is 24.3 Å². The van der Waals surface area contributed by atoms with Crippen molar-refractivity contribution >= 4 is 11.6 Å². The van der Waals surface area contributed by atoms with Gasteiger partial charge in [-0.3, -0.25) is 9.78 Å². The molecule has 0 bridgehead atoms. The molecular weight excluding hydrogens is 252 g/mol. The second-order valence-corrected chi connectivity index (χ2v) is 5.32. The van der Waals surface area contributed by atoms with Gasteiger partial charge in [-0.25, -0.2) is 0 Å². The number of carbonyl (C=O) groups excluding carboxylic acids is 1. The molecule has 1 atom stereocenters. The number of pyridine rings is 1. The number of aryl methyl sites for hydroxylation is 1. The Kier molecular flexibility index (Phi) is 6.45. The molecule has 0 radical (unpaired) electrons. The third kappa shape index (κ3) is 4.81. The van der Waals surface area contributed by atoms with Crippen LogP contribution in [-0.4, -0.2) is 49.0 Å². The van der Waals surface area contributed by atoms with Gasteiger partial charge in [0.2, 0.25) is 0 Å². The van der Waals surface area contributed by atoms with Crippen LogP contribution in [0.4, 0.5) is 5.69 Å². The summed E-state index contributed by atoms with van der Waals surface area (Å²) in [7, 11) is 4.00. The van der Waals surface area contributed by atoms with Gasteiger partial charge in [0, 0.05) is 31.0 Å². The molecule has 1 aromatic heterocycles. The monoisotopic (exact) mass is 278 g/mol. The van der Waals surface area contributed by atoms with Crippen LogP contribution in [0.1, 0.15) is 36.3 Å². The highest BCUT2D eigenvalue weighted by Crippen LogP contribution is 2.15. The van der Waals surface area contributed by atoms with Gasteiger partial charge in [-0.05, 0) is 40.4 Å². The molecule has 1 aromatic rings. The first kappa shape index (κ1) is 16.4. The first-order valence-electron chi connectivity index (χ1n) is 7.10. The van der Waals surface area contributed by atoms with Crippen molar-refractivity contribution in [1.82, 2.24) is 15.2 Å². The van der Waals surface area contributed by atoms with E-state index in [1.807, 2.05) is 27.1 Å². The van der Waals surface area contributed by atoms with Crippen LogP contribution in [0.3, 0.4) is 0 Å². The van der Waals surface area contributed by atoms with Crippen LogP contribution in [0.5, 0.6) is 0 Å². The summed E-state index contributed by atoms with van der Waals surface area (Å²) in [5.41, 5.74) is 2.37. The Morgan fingerprint density at radius 3 is 2.75 bits per heavy atom. The maximum absolute atomic E-state index is 12.3. The third-order valence-electron chi connectivity index (χ3n) is 3.29. The van der Waals surface area contributed by atoms with Crippen molar-refractivity contribution in [3.63, 3.8) is 0 Å². The number of hydrogen-bond acceptors (Lipinski definition) is 4. The average molecular weight is 278 g/mol. The summed E-state index contributed by atoms with van der Waals surface area (Å²) in [4.78, 5) is 18.6. The lowest BCUT2D eigenvalue weighted by Gasteiger charge is -2.20. The summed E-state index contributed by atoms with van der Waals surface area (Å²) in [6, 6.07) is 2.21. The van der Waals surface area contributed by atoms with Crippen molar-refractivity contribution in [2.24, 2.45) is 0 Å². The van der Waals surface area contributed by atoms with Crippen LogP contribution in [-0.2, 0) is 0 Å². The van der Waals surface area contributed by atoms with Crippen molar-refractivity contribution in [3.05, 3.63) is 23.5 Å². The Balaban J connectivity index is 2.76. The molecule has 5 nitrogen and oxygen atoms in total. The highest BCUT2D eigenvalue weighted by atomic mass is 16.1. The number of likely N-dealkylation sites (N-methyl/N-ethyl adjacent to an activating group) is 1. The number of nitrogens with one attached hydrogen (secondary N) is 2. The predicted molar refractivity (Wildman–Crippen MR) is 83.2 cm³/mol. The lowest BCUT2D eigenvalue weighted by atomic mass is 10.2. The summed E-state index contributed by atoms with van der Waals surface area (Å²) in [5, 5.41) is 6.24. The van der Waals surface area contributed by atoms with Gasteiger partial charge < -0.3 is 15.5 Å². The quantitative estimate of drug-likeness (QED) is 0.800. The number of hydrogen-bond donors (Lipinski definition) is 2. The van der Waals surface area contributed by atoms with Gasteiger partial charge in [-0.2, -0.15) is 0 Å². The smallest absolute Gasteiger partial charge is 0.255 e. The van der Waals surface area contributed by atoms with E-state index < -0.39 is 0 Å². The molecule has 0 aliphatic heterocycles. The zero-order valence-electron chi connectivity index (χ0n) is 13.2. The van der Waals surface area contributed by atoms with Gasteiger partial charge in [0.1, 0.15) is 0 Å². The van der Waals surface area contributed by atoms with E-state index in [0.29, 0.717) is 18.2 Å². The van der Waals surface area contributed by atoms with Crippen LogP contribution in [0.25, 0.3) is 0 Å². The third-order valence-corrected chi connectivity index (χ3v) is 3.29. The molecule has 0 aromatic carbocycles. The van der Waals surface area contributed by atoms with E-state index in [2.05, 4.69) is 34.4 Å². The largest absolute Gasteiger partial charge is 0.384 e. The van der Waals surface area contributed by atoms with Crippen LogP contribution < -0.4 is 10.6 Å². The number of aromatic nitrogens is 1. The van der Waals surface area contributed by atoms with Crippen molar-refractivity contribution in [1.29, 1.82) is 0 Å². The standard InChI is InChI=1S/C15H26N4O/c1-6-7-16-14-8-11(2)17-10-13(14)15(20)18-9-12(3)19(4)5/h8,10,12H,6-7,9H2,1-5H3,(H,16,17)(H,18,20). The first-order chi connectivity index (χ1) is 9.45. The number of carbonyl (C=O) groups is 1. The van der Waals surface area contributed by atoms with Crippen molar-refractivity contribution in [2.75, 3.05) is 32.5 Å². The highest BCUT2D eigenvalue weighted by molar-refractivity contribution is 5.99. The molecule has 0 fully saturated rings. The molecule has 1 heterocycles. The maximum Gasteiger partial charge on any atom is 0.255 e. The molecule has 1 rings (SSSR count). The molecule has 0 saturated carbocycles. The average Bonchev–Trinajstić information content (AvgIpc) is 2.42. The SMILES string of the molecule is CCCNc1cc(C)ncc1C(=O)NCC(C)N(C)C. The van der Waals surface area contributed by atoms with Gasteiger partial charge in [0.05, 0.1) is 11.3 Å². The highest BCUT2D eigenvalue weighted by Gasteiger charge is 2.13. The van der Waals surface area contributed by atoms with Crippen molar-refractivity contribution in [3.8, 4) is 0 Å². The molecule has 0 saturated heterocycles. The fourth-order valence-corrected chi connectivity index (χ4v) is 1.66. The van der Waals surface area contributed by atoms with Crippen LogP contribution in [0, 0.1) is 6.92 Å². The lowest BCUT2D eigenvalue weighted by Crippen LogP contribution is -2.38. The molecule has 0 aliphatic rings. The molecule has 0 aliphatic carbocycles. The van der Waals surface area contributed by atoms with Crippen molar-refractivity contribution < 1.29 is 4.79 Å². The molecule has 2 N–H and O–H groups in total. The van der Waals surface area contributed by atoms with Gasteiger partial charge in [0.25, 0.3) is 5.91 Å². The number of amides is 1. The Hall–Kier alpha value is -1.62. The van der Waals surface area contributed by atoms with E-state index in [1.54, 1.807) is 6.20 Å². The van der Waals surface area contributed by atoms with Gasteiger partial charge in [0.15, 0.2) is 0 Å². The van der Waals surface area contributed by atoms with E-state index >= 15 is 0 Å². The topological polar surface area (TPSA) is 57.3 Å². The summed E-state index contributed by atoms with van der Waals surface area (Å²) in [5.74, 6) is -0.0789. The first-order valence-corrected chi connectivity index (χ1v) is 7.10. The van der Waals surface area contributed by atoms with Gasteiger partial charge in [-0.15, -0.1) is 0 Å². The molecule has 1 unspecified atom stereocenters. The number of anilines is 1. The zero-order chi connectivity index (χ0) is 15.1. The Morgan fingerprint density at radius 1 is 1.45 bits per heavy atom. The molecule has 112 valence electrons. The van der Waals surface area contributed by atoms with Crippen LogP contribution >= 0.6 is 0 Å². The van der Waals surface area contributed by atoms with Crippen LogP contribution in [0.15, 0.2) is 12.3 Å². The molecule has 1 amide bonds. The minimum absolute atomic E-state index is 0.0789. The second kappa shape index (κ2) is 7.85. The lowest BCUT2D eigenvalue weighted by molar-refractivity contribution is 0.0944. The Morgan fingerprint density at radius 2 is 2.15 bits per heavy atom. The Bertz CT molecular complexity index is 445. The summed E-state index contributed by atoms with van der Waals surface area (Å²) in [6.07, 6.45) is 2.66. The van der Waals surface area contributed by atoms with E-state index in [4.69, 9.17) is 0 Å². The Labute approximate surface area is 121 Å². The minimum Gasteiger partial charge on any atom is -0.384 e. The number of nitrogens with zero attached hydrogens (tertiary/aromatic N) is 2. The second-order valence-electron chi connectivity index (χ2n) is 5.32. The zero-order valence-corrected chi connectivity index (χ0v) is 13.2. The molecular formula is C15H26N4O. The predicted octanol–water partition coefficient (Wildman–Crippen LogP) is 1.89.